The zero-order valence-corrected chi connectivity index (χ0v) is 13.9. The zero-order chi connectivity index (χ0) is 16.9. The van der Waals surface area contributed by atoms with Crippen molar-refractivity contribution in [3.8, 4) is 11.5 Å². The van der Waals surface area contributed by atoms with Crippen LogP contribution in [0.1, 0.15) is 20.3 Å². The average molecular weight is 326 g/mol. The van der Waals surface area contributed by atoms with Gasteiger partial charge in [-0.1, -0.05) is 31.2 Å². The summed E-state index contributed by atoms with van der Waals surface area (Å²) in [5.41, 5.74) is 0.288. The highest BCUT2D eigenvalue weighted by Gasteiger charge is 2.11. The summed E-state index contributed by atoms with van der Waals surface area (Å²) in [6.07, 6.45) is 1.10. The maximum atomic E-state index is 11.3. The van der Waals surface area contributed by atoms with Crippen LogP contribution in [0.4, 0.5) is 5.82 Å². The molecule has 0 spiro atoms. The quantitative estimate of drug-likeness (QED) is 0.533. The molecule has 0 radical (unpaired) electrons. The Morgan fingerprint density at radius 3 is 2.88 bits per heavy atom. The molecular formula is C17H22N6O. The Morgan fingerprint density at radius 1 is 1.29 bits per heavy atom. The molecule has 0 amide bonds. The van der Waals surface area contributed by atoms with Crippen LogP contribution in [0, 0.1) is 0 Å². The number of aromatic nitrogens is 4. The van der Waals surface area contributed by atoms with Crippen LogP contribution in [0.3, 0.4) is 0 Å². The van der Waals surface area contributed by atoms with Crippen molar-refractivity contribution in [2.75, 3.05) is 18.4 Å². The van der Waals surface area contributed by atoms with Crippen molar-refractivity contribution < 1.29 is 0 Å². The summed E-state index contributed by atoms with van der Waals surface area (Å²) < 4.78 is 0. The summed E-state index contributed by atoms with van der Waals surface area (Å²) in [6.45, 7) is 6.04. The molecule has 0 saturated carbocycles. The van der Waals surface area contributed by atoms with Crippen molar-refractivity contribution in [1.29, 1.82) is 0 Å². The van der Waals surface area contributed by atoms with Gasteiger partial charge in [-0.2, -0.15) is 5.10 Å². The number of nitrogens with zero attached hydrogens (tertiary/aromatic N) is 2. The lowest BCUT2D eigenvalue weighted by Gasteiger charge is -2.16. The van der Waals surface area contributed by atoms with Gasteiger partial charge in [0.15, 0.2) is 5.82 Å². The number of benzene rings is 1. The first kappa shape index (κ1) is 16.2. The van der Waals surface area contributed by atoms with E-state index in [9.17, 15) is 4.79 Å². The van der Waals surface area contributed by atoms with E-state index in [1.165, 1.54) is 0 Å². The second-order valence-electron chi connectivity index (χ2n) is 5.84. The van der Waals surface area contributed by atoms with E-state index in [0.29, 0.717) is 17.6 Å². The molecule has 0 bridgehead atoms. The van der Waals surface area contributed by atoms with Gasteiger partial charge in [0.1, 0.15) is 11.5 Å². The molecule has 0 unspecified atom stereocenters. The molecule has 3 aromatic rings. The predicted molar refractivity (Wildman–Crippen MR) is 96.2 cm³/mol. The van der Waals surface area contributed by atoms with Crippen molar-refractivity contribution in [1.82, 2.24) is 25.5 Å². The third-order valence-electron chi connectivity index (χ3n) is 3.80. The molecule has 2 aromatic heterocycles. The van der Waals surface area contributed by atoms with Gasteiger partial charge in [0.25, 0.3) is 0 Å². The first-order chi connectivity index (χ1) is 11.7. The van der Waals surface area contributed by atoms with Crippen molar-refractivity contribution >= 4 is 16.6 Å². The maximum absolute atomic E-state index is 11.3. The molecule has 4 N–H and O–H groups in total. The molecule has 7 nitrogen and oxygen atoms in total. The highest BCUT2D eigenvalue weighted by Crippen LogP contribution is 2.25. The molecule has 0 aliphatic heterocycles. The van der Waals surface area contributed by atoms with Crippen LogP contribution in [0.5, 0.6) is 0 Å². The lowest BCUT2D eigenvalue weighted by Crippen LogP contribution is -2.33. The van der Waals surface area contributed by atoms with E-state index in [1.54, 1.807) is 0 Å². The summed E-state index contributed by atoms with van der Waals surface area (Å²) in [4.78, 5) is 18.6. The van der Waals surface area contributed by atoms with E-state index in [4.69, 9.17) is 0 Å². The maximum Gasteiger partial charge on any atom is 0.340 e. The number of hydrogen-bond donors (Lipinski definition) is 4. The van der Waals surface area contributed by atoms with E-state index in [-0.39, 0.29) is 5.69 Å². The largest absolute Gasteiger partial charge is 0.368 e. The van der Waals surface area contributed by atoms with Gasteiger partial charge in [0.05, 0.1) is 0 Å². The third kappa shape index (κ3) is 3.62. The number of nitrogens with one attached hydrogen (secondary N) is 4. The second kappa shape index (κ2) is 7.27. The fraction of sp³-hybridized carbons (Fsp3) is 0.353. The van der Waals surface area contributed by atoms with Crippen molar-refractivity contribution in [2.24, 2.45) is 0 Å². The molecule has 1 aromatic carbocycles. The van der Waals surface area contributed by atoms with E-state index in [0.717, 1.165) is 36.1 Å². The van der Waals surface area contributed by atoms with E-state index in [2.05, 4.69) is 44.6 Å². The molecule has 1 atom stereocenters. The van der Waals surface area contributed by atoms with Gasteiger partial charge in [-0.3, -0.25) is 4.98 Å². The third-order valence-corrected chi connectivity index (χ3v) is 3.80. The fourth-order valence-electron chi connectivity index (χ4n) is 2.56. The molecule has 0 aliphatic rings. The molecule has 2 heterocycles. The van der Waals surface area contributed by atoms with Crippen LogP contribution in [0.2, 0.25) is 0 Å². The first-order valence-electron chi connectivity index (χ1n) is 8.19. The number of H-pyrrole nitrogens is 2. The monoisotopic (exact) mass is 326 g/mol. The van der Waals surface area contributed by atoms with E-state index < -0.39 is 0 Å². The van der Waals surface area contributed by atoms with Crippen molar-refractivity contribution in [3.05, 3.63) is 40.8 Å². The highest BCUT2D eigenvalue weighted by atomic mass is 16.1. The molecule has 3 rings (SSSR count). The van der Waals surface area contributed by atoms with Crippen LogP contribution in [-0.4, -0.2) is 39.3 Å². The minimum atomic E-state index is -0.341. The van der Waals surface area contributed by atoms with Gasteiger partial charge in [-0.15, -0.1) is 0 Å². The van der Waals surface area contributed by atoms with E-state index >= 15 is 0 Å². The summed E-state index contributed by atoms with van der Waals surface area (Å²) in [7, 11) is 0. The van der Waals surface area contributed by atoms with Crippen LogP contribution >= 0.6 is 0 Å². The number of aromatic amines is 2. The normalized spacial score (nSPS) is 12.4. The van der Waals surface area contributed by atoms with Gasteiger partial charge < -0.3 is 10.6 Å². The fourth-order valence-corrected chi connectivity index (χ4v) is 2.56. The Kier molecular flexibility index (Phi) is 4.90. The number of pyridine rings is 1. The smallest absolute Gasteiger partial charge is 0.340 e. The standard InChI is InChI=1S/C17H22N6O/c1-3-8-18-11(2)10-19-15-13-7-5-4-6-12(13)9-14(20-15)16-21-17(24)23-22-16/h4-7,9,11,18H,3,8,10H2,1-2H3,(H,19,20)(H2,21,22,23,24)/t11-/m0/s1. The Hall–Kier alpha value is -2.67. The van der Waals surface area contributed by atoms with Crippen molar-refractivity contribution in [3.63, 3.8) is 0 Å². The topological polar surface area (TPSA) is 98.5 Å². The van der Waals surface area contributed by atoms with E-state index in [1.807, 2.05) is 30.3 Å². The summed E-state index contributed by atoms with van der Waals surface area (Å²) in [6, 6.07) is 10.3. The average Bonchev–Trinajstić information content (AvgIpc) is 3.04. The second-order valence-corrected chi connectivity index (χ2v) is 5.84. The van der Waals surface area contributed by atoms with Crippen LogP contribution < -0.4 is 16.3 Å². The predicted octanol–water partition coefficient (Wildman–Crippen LogP) is 2.11. The van der Waals surface area contributed by atoms with Crippen LogP contribution in [0.15, 0.2) is 35.1 Å². The molecule has 0 aliphatic carbocycles. The summed E-state index contributed by atoms with van der Waals surface area (Å²) in [5, 5.41) is 15.3. The minimum Gasteiger partial charge on any atom is -0.368 e. The number of rotatable bonds is 7. The Labute approximate surface area is 139 Å². The summed E-state index contributed by atoms with van der Waals surface area (Å²) >= 11 is 0. The van der Waals surface area contributed by atoms with Crippen molar-refractivity contribution in [2.45, 2.75) is 26.3 Å². The number of anilines is 1. The molecule has 7 heteroatoms. The van der Waals surface area contributed by atoms with Gasteiger partial charge >= 0.3 is 5.69 Å². The Balaban J connectivity index is 1.91. The number of hydrogen-bond acceptors (Lipinski definition) is 5. The SMILES string of the molecule is CCCN[C@@H](C)CNc1nc(-c2n[nH]c(=O)[nH]2)cc2ccccc12. The van der Waals surface area contributed by atoms with Gasteiger partial charge in [0.2, 0.25) is 0 Å². The molecular weight excluding hydrogens is 304 g/mol. The lowest BCUT2D eigenvalue weighted by molar-refractivity contribution is 0.564. The lowest BCUT2D eigenvalue weighted by atomic mass is 10.1. The van der Waals surface area contributed by atoms with Gasteiger partial charge in [-0.05, 0) is 31.3 Å². The molecule has 0 saturated heterocycles. The highest BCUT2D eigenvalue weighted by molar-refractivity contribution is 5.94. The van der Waals surface area contributed by atoms with Crippen LogP contribution in [-0.2, 0) is 0 Å². The zero-order valence-electron chi connectivity index (χ0n) is 13.9. The number of fused-ring (bicyclic) bond motifs is 1. The molecule has 126 valence electrons. The van der Waals surface area contributed by atoms with Crippen LogP contribution in [0.25, 0.3) is 22.3 Å². The molecule has 0 fully saturated rings. The summed E-state index contributed by atoms with van der Waals surface area (Å²) in [5.74, 6) is 1.23. The molecule has 24 heavy (non-hydrogen) atoms. The Morgan fingerprint density at radius 2 is 2.12 bits per heavy atom. The van der Waals surface area contributed by atoms with Gasteiger partial charge in [0, 0.05) is 18.0 Å². The Bertz CT molecular complexity index is 869. The minimum absolute atomic E-state index is 0.333. The first-order valence-corrected chi connectivity index (χ1v) is 8.19. The van der Waals surface area contributed by atoms with Gasteiger partial charge in [-0.25, -0.2) is 14.9 Å².